The van der Waals surface area contributed by atoms with Crippen molar-refractivity contribution in [3.05, 3.63) is 52.2 Å². The molecule has 3 aromatic heterocycles. The second-order valence-corrected chi connectivity index (χ2v) is 6.70. The lowest BCUT2D eigenvalue weighted by Gasteiger charge is -2.08. The van der Waals surface area contributed by atoms with Gasteiger partial charge in [0, 0.05) is 19.3 Å². The summed E-state index contributed by atoms with van der Waals surface area (Å²) in [7, 11) is 0. The van der Waals surface area contributed by atoms with Gasteiger partial charge in [0.1, 0.15) is 10.7 Å². The van der Waals surface area contributed by atoms with E-state index in [1.807, 2.05) is 38.1 Å². The second kappa shape index (κ2) is 8.34. The Kier molecular flexibility index (Phi) is 5.69. The first-order chi connectivity index (χ1) is 12.6. The van der Waals surface area contributed by atoms with E-state index in [-0.39, 0.29) is 5.91 Å². The monoisotopic (exact) mass is 369 g/mol. The molecule has 3 aromatic rings. The third-order valence-corrected chi connectivity index (χ3v) is 4.50. The summed E-state index contributed by atoms with van der Waals surface area (Å²) in [4.78, 5) is 21.0. The molecule has 0 aliphatic carbocycles. The maximum absolute atomic E-state index is 12.1. The minimum atomic E-state index is -0.1000. The number of aromatic nitrogens is 4. The standard InChI is InChI=1S/C17H19N7OS/c1-11-16(26-12(2)21-11)17(25)20-9-8-19-14-5-6-15(24-23-14)22-13-4-3-7-18-10-13/h3-7,10H,8-9H2,1-2H3,(H,19,23)(H,20,25)(H,22,24). The highest BCUT2D eigenvalue weighted by molar-refractivity contribution is 7.13. The highest BCUT2D eigenvalue weighted by Gasteiger charge is 2.12. The molecule has 0 aliphatic heterocycles. The van der Waals surface area contributed by atoms with E-state index >= 15 is 0 Å². The van der Waals surface area contributed by atoms with Crippen LogP contribution in [0.15, 0.2) is 36.7 Å². The lowest BCUT2D eigenvalue weighted by Crippen LogP contribution is -2.28. The number of amides is 1. The first kappa shape index (κ1) is 17.7. The van der Waals surface area contributed by atoms with Gasteiger partial charge < -0.3 is 16.0 Å². The zero-order valence-electron chi connectivity index (χ0n) is 14.5. The van der Waals surface area contributed by atoms with E-state index in [0.717, 1.165) is 16.4 Å². The molecule has 0 unspecified atom stereocenters. The zero-order chi connectivity index (χ0) is 18.4. The predicted molar refractivity (Wildman–Crippen MR) is 102 cm³/mol. The van der Waals surface area contributed by atoms with Crippen molar-refractivity contribution in [2.75, 3.05) is 23.7 Å². The maximum atomic E-state index is 12.1. The van der Waals surface area contributed by atoms with Crippen molar-refractivity contribution < 1.29 is 4.79 Å². The van der Waals surface area contributed by atoms with Crippen LogP contribution in [0.2, 0.25) is 0 Å². The molecule has 0 aliphatic rings. The quantitative estimate of drug-likeness (QED) is 0.550. The fraction of sp³-hybridized carbons (Fsp3) is 0.235. The summed E-state index contributed by atoms with van der Waals surface area (Å²) in [6, 6.07) is 7.39. The second-order valence-electron chi connectivity index (χ2n) is 5.50. The van der Waals surface area contributed by atoms with Crippen molar-refractivity contribution in [2.24, 2.45) is 0 Å². The lowest BCUT2D eigenvalue weighted by molar-refractivity contribution is 0.0958. The van der Waals surface area contributed by atoms with Gasteiger partial charge in [-0.1, -0.05) is 0 Å². The van der Waals surface area contributed by atoms with Gasteiger partial charge in [0.2, 0.25) is 0 Å². The molecule has 0 radical (unpaired) electrons. The largest absolute Gasteiger partial charge is 0.367 e. The molecular formula is C17H19N7OS. The highest BCUT2D eigenvalue weighted by Crippen LogP contribution is 2.16. The Morgan fingerprint density at radius 3 is 2.58 bits per heavy atom. The van der Waals surface area contributed by atoms with Crippen molar-refractivity contribution in [1.82, 2.24) is 25.5 Å². The Balaban J connectivity index is 1.43. The average Bonchev–Trinajstić information content (AvgIpc) is 2.99. The topological polar surface area (TPSA) is 105 Å². The lowest BCUT2D eigenvalue weighted by atomic mass is 10.3. The van der Waals surface area contributed by atoms with Gasteiger partial charge in [-0.3, -0.25) is 9.78 Å². The number of pyridine rings is 1. The van der Waals surface area contributed by atoms with Crippen molar-refractivity contribution >= 4 is 34.6 Å². The van der Waals surface area contributed by atoms with Gasteiger partial charge in [-0.15, -0.1) is 21.5 Å². The SMILES string of the molecule is Cc1nc(C)c(C(=O)NCCNc2ccc(Nc3cccnc3)nn2)s1. The number of rotatable bonds is 7. The van der Waals surface area contributed by atoms with Gasteiger partial charge in [0.15, 0.2) is 5.82 Å². The Bertz CT molecular complexity index is 865. The van der Waals surface area contributed by atoms with Crippen molar-refractivity contribution in [2.45, 2.75) is 13.8 Å². The molecule has 8 nitrogen and oxygen atoms in total. The number of thiazole rings is 1. The number of carbonyl (C=O) groups excluding carboxylic acids is 1. The number of nitrogens with zero attached hydrogens (tertiary/aromatic N) is 4. The molecule has 3 N–H and O–H groups in total. The van der Waals surface area contributed by atoms with Crippen molar-refractivity contribution in [3.63, 3.8) is 0 Å². The summed E-state index contributed by atoms with van der Waals surface area (Å²) < 4.78 is 0. The molecule has 0 spiro atoms. The molecule has 134 valence electrons. The summed E-state index contributed by atoms with van der Waals surface area (Å²) in [6.45, 7) is 4.76. The van der Waals surface area contributed by atoms with E-state index in [9.17, 15) is 4.79 Å². The normalized spacial score (nSPS) is 10.4. The van der Waals surface area contributed by atoms with Crippen LogP contribution < -0.4 is 16.0 Å². The van der Waals surface area contributed by atoms with Crippen LogP contribution in [-0.2, 0) is 0 Å². The third kappa shape index (κ3) is 4.73. The van der Waals surface area contributed by atoms with Crippen LogP contribution in [0.1, 0.15) is 20.4 Å². The fourth-order valence-corrected chi connectivity index (χ4v) is 3.10. The van der Waals surface area contributed by atoms with Crippen LogP contribution in [0.5, 0.6) is 0 Å². The Hall–Kier alpha value is -3.07. The summed E-state index contributed by atoms with van der Waals surface area (Å²) in [5, 5.41) is 18.2. The molecule has 0 bridgehead atoms. The first-order valence-electron chi connectivity index (χ1n) is 8.09. The van der Waals surface area contributed by atoms with E-state index in [1.165, 1.54) is 11.3 Å². The summed E-state index contributed by atoms with van der Waals surface area (Å²) in [5.74, 6) is 1.17. The Morgan fingerprint density at radius 2 is 1.92 bits per heavy atom. The molecule has 3 rings (SSSR count). The zero-order valence-corrected chi connectivity index (χ0v) is 15.3. The Labute approximate surface area is 155 Å². The minimum absolute atomic E-state index is 0.1000. The minimum Gasteiger partial charge on any atom is -0.367 e. The first-order valence-corrected chi connectivity index (χ1v) is 8.90. The number of aryl methyl sites for hydroxylation is 2. The van der Waals surface area contributed by atoms with Gasteiger partial charge in [-0.25, -0.2) is 4.98 Å². The predicted octanol–water partition coefficient (Wildman–Crippen LogP) is 2.53. The number of nitrogens with one attached hydrogen (secondary N) is 3. The molecular weight excluding hydrogens is 350 g/mol. The summed E-state index contributed by atoms with van der Waals surface area (Å²) >= 11 is 1.40. The van der Waals surface area contributed by atoms with Gasteiger partial charge in [-0.05, 0) is 38.1 Å². The average molecular weight is 369 g/mol. The van der Waals surface area contributed by atoms with Crippen molar-refractivity contribution in [3.8, 4) is 0 Å². The summed E-state index contributed by atoms with van der Waals surface area (Å²) in [6.07, 6.45) is 3.42. The van der Waals surface area contributed by atoms with Crippen LogP contribution in [0.25, 0.3) is 0 Å². The molecule has 26 heavy (non-hydrogen) atoms. The van der Waals surface area contributed by atoms with Gasteiger partial charge in [0.25, 0.3) is 5.91 Å². The van der Waals surface area contributed by atoms with Crippen LogP contribution in [0.3, 0.4) is 0 Å². The highest BCUT2D eigenvalue weighted by atomic mass is 32.1. The molecule has 0 aromatic carbocycles. The van der Waals surface area contributed by atoms with Gasteiger partial charge in [0.05, 0.1) is 22.6 Å². The third-order valence-electron chi connectivity index (χ3n) is 3.42. The van der Waals surface area contributed by atoms with Crippen LogP contribution in [0, 0.1) is 13.8 Å². The van der Waals surface area contributed by atoms with Crippen LogP contribution >= 0.6 is 11.3 Å². The van der Waals surface area contributed by atoms with E-state index < -0.39 is 0 Å². The molecule has 0 saturated carbocycles. The maximum Gasteiger partial charge on any atom is 0.263 e. The molecule has 0 atom stereocenters. The molecule has 0 fully saturated rings. The Morgan fingerprint density at radius 1 is 1.12 bits per heavy atom. The van der Waals surface area contributed by atoms with Crippen LogP contribution in [0.4, 0.5) is 17.3 Å². The van der Waals surface area contributed by atoms with Gasteiger partial charge >= 0.3 is 0 Å². The molecule has 1 amide bonds. The number of hydrogen-bond acceptors (Lipinski definition) is 8. The fourth-order valence-electron chi connectivity index (χ4n) is 2.27. The summed E-state index contributed by atoms with van der Waals surface area (Å²) in [5.41, 5.74) is 1.61. The van der Waals surface area contributed by atoms with Crippen LogP contribution in [-0.4, -0.2) is 39.2 Å². The molecule has 3 heterocycles. The van der Waals surface area contributed by atoms with E-state index in [0.29, 0.717) is 29.6 Å². The van der Waals surface area contributed by atoms with E-state index in [1.54, 1.807) is 12.4 Å². The van der Waals surface area contributed by atoms with Crippen molar-refractivity contribution in [1.29, 1.82) is 0 Å². The van der Waals surface area contributed by atoms with Gasteiger partial charge in [-0.2, -0.15) is 0 Å². The number of anilines is 3. The molecule has 0 saturated heterocycles. The number of carbonyl (C=O) groups is 1. The van der Waals surface area contributed by atoms with E-state index in [2.05, 4.69) is 36.1 Å². The molecule has 9 heteroatoms. The number of hydrogen-bond donors (Lipinski definition) is 3. The smallest absolute Gasteiger partial charge is 0.263 e. The van der Waals surface area contributed by atoms with E-state index in [4.69, 9.17) is 0 Å².